The Balaban J connectivity index is 1.08. The summed E-state index contributed by atoms with van der Waals surface area (Å²) in [7, 11) is 4.79. The fourth-order valence-electron chi connectivity index (χ4n) is 12.8. The average Bonchev–Trinajstić information content (AvgIpc) is 0.836. The second kappa shape index (κ2) is 35.3. The van der Waals surface area contributed by atoms with E-state index in [0.29, 0.717) is 50.3 Å². The van der Waals surface area contributed by atoms with E-state index in [0.717, 1.165) is 128 Å². The number of nitrogens with zero attached hydrogens (tertiary/aromatic N) is 5. The first-order valence-corrected chi connectivity index (χ1v) is 32.8. The van der Waals surface area contributed by atoms with E-state index >= 15 is 0 Å². The van der Waals surface area contributed by atoms with Crippen molar-refractivity contribution >= 4 is 63.9 Å². The molecule has 4 aliphatic rings. The third-order valence-electron chi connectivity index (χ3n) is 17.8. The maximum Gasteiger partial charge on any atom is 0.422 e. The molecule has 22 nitrogen and oxygen atoms in total. The number of rotatable bonds is 38. The van der Waals surface area contributed by atoms with Crippen LogP contribution in [0.3, 0.4) is 0 Å². The molecule has 3 aliphatic carbocycles. The normalized spacial score (nSPS) is 17.5. The number of nitrogens with two attached hydrogens (primary N) is 4. The molecule has 10 N–H and O–H groups in total. The van der Waals surface area contributed by atoms with Crippen molar-refractivity contribution in [3.63, 3.8) is 0 Å². The van der Waals surface area contributed by atoms with Crippen LogP contribution in [0.1, 0.15) is 170 Å². The van der Waals surface area contributed by atoms with Crippen LogP contribution < -0.4 is 49.7 Å². The Morgan fingerprint density at radius 3 is 1.84 bits per heavy atom. The van der Waals surface area contributed by atoms with Crippen LogP contribution in [0, 0.1) is 0 Å². The number of benzene rings is 3. The number of likely N-dealkylation sites (N-methyl/N-ethyl adjacent to an activating group) is 2. The van der Waals surface area contributed by atoms with Gasteiger partial charge in [0, 0.05) is 107 Å². The van der Waals surface area contributed by atoms with E-state index in [9.17, 15) is 38.4 Å². The summed E-state index contributed by atoms with van der Waals surface area (Å²) in [4.78, 5) is 117. The van der Waals surface area contributed by atoms with E-state index in [2.05, 4.69) is 33.8 Å². The first-order valence-electron chi connectivity index (χ1n) is 32.8. The maximum absolute atomic E-state index is 14.7. The predicted molar refractivity (Wildman–Crippen MR) is 355 cm³/mol. The van der Waals surface area contributed by atoms with Gasteiger partial charge in [-0.1, -0.05) is 82.1 Å². The number of nitrogens with one attached hydrogen (secondary N) is 2. The van der Waals surface area contributed by atoms with Crippen LogP contribution in [0.5, 0.6) is 5.75 Å². The Hall–Kier alpha value is -7.63. The van der Waals surface area contributed by atoms with Gasteiger partial charge in [0.15, 0.2) is 6.61 Å². The number of allylic oxidation sites excluding steroid dienone is 4. The molecule has 4 aromatic rings. The van der Waals surface area contributed by atoms with Crippen LogP contribution in [-0.4, -0.2) is 146 Å². The van der Waals surface area contributed by atoms with Crippen LogP contribution in [0.15, 0.2) is 96.9 Å². The number of unbranched alkanes of at least 4 members (excludes halogenated alkanes) is 12. The zero-order valence-electron chi connectivity index (χ0n) is 53.9. The van der Waals surface area contributed by atoms with Crippen molar-refractivity contribution in [2.24, 2.45) is 35.0 Å². The van der Waals surface area contributed by atoms with Crippen molar-refractivity contribution in [1.82, 2.24) is 19.3 Å². The topological polar surface area (TPSA) is 323 Å². The summed E-state index contributed by atoms with van der Waals surface area (Å²) in [6, 6.07) is 15.1. The molecule has 494 valence electrons. The second-order valence-corrected chi connectivity index (χ2v) is 24.4. The summed E-state index contributed by atoms with van der Waals surface area (Å²) in [6.07, 6.45) is 21.0. The molecule has 22 heteroatoms. The summed E-state index contributed by atoms with van der Waals surface area (Å²) in [6.45, 7) is 4.29. The lowest BCUT2D eigenvalue weighted by Gasteiger charge is -2.51. The molecular formula is C69H97N11O11. The van der Waals surface area contributed by atoms with Gasteiger partial charge in [0.05, 0.1) is 24.1 Å². The van der Waals surface area contributed by atoms with Crippen molar-refractivity contribution in [3.05, 3.63) is 121 Å². The third-order valence-corrected chi connectivity index (χ3v) is 17.8. The lowest BCUT2D eigenvalue weighted by Crippen LogP contribution is -2.48. The van der Waals surface area contributed by atoms with Crippen molar-refractivity contribution in [2.45, 2.75) is 165 Å². The van der Waals surface area contributed by atoms with Gasteiger partial charge in [0.25, 0.3) is 5.91 Å². The molecule has 2 bridgehead atoms. The molecule has 0 unspecified atom stereocenters. The molecule has 1 saturated heterocycles. The molecule has 2 atom stereocenters. The van der Waals surface area contributed by atoms with Crippen molar-refractivity contribution < 1.29 is 42.7 Å². The zero-order valence-corrected chi connectivity index (χ0v) is 53.9. The molecule has 0 saturated carbocycles. The molecule has 6 amide bonds. The zero-order chi connectivity index (χ0) is 65.5. The van der Waals surface area contributed by atoms with Gasteiger partial charge in [-0.05, 0) is 148 Å². The number of aryl methyl sites for hydroxylation is 1. The Morgan fingerprint density at radius 1 is 0.714 bits per heavy atom. The maximum atomic E-state index is 14.7. The molecule has 1 fully saturated rings. The van der Waals surface area contributed by atoms with Gasteiger partial charge in [-0.25, -0.2) is 14.6 Å². The molecule has 1 aromatic heterocycles. The lowest BCUT2D eigenvalue weighted by atomic mass is 9.51. The van der Waals surface area contributed by atoms with Crippen LogP contribution in [0.4, 0.5) is 11.4 Å². The summed E-state index contributed by atoms with van der Waals surface area (Å²) >= 11 is 0. The van der Waals surface area contributed by atoms with Gasteiger partial charge in [-0.2, -0.15) is 0 Å². The van der Waals surface area contributed by atoms with E-state index in [4.69, 9.17) is 36.8 Å². The van der Waals surface area contributed by atoms with E-state index in [1.807, 2.05) is 37.3 Å². The van der Waals surface area contributed by atoms with Gasteiger partial charge in [0.2, 0.25) is 29.5 Å². The van der Waals surface area contributed by atoms with Gasteiger partial charge in [0.1, 0.15) is 11.8 Å². The van der Waals surface area contributed by atoms with Crippen molar-refractivity contribution in [3.8, 4) is 5.75 Å². The van der Waals surface area contributed by atoms with Crippen molar-refractivity contribution in [1.29, 1.82) is 0 Å². The highest BCUT2D eigenvalue weighted by Gasteiger charge is 2.52. The van der Waals surface area contributed by atoms with Crippen LogP contribution >= 0.6 is 0 Å². The number of hydrogen-bond donors (Lipinski definition) is 6. The molecule has 0 radical (unpaired) electrons. The monoisotopic (exact) mass is 1260 g/mol. The number of carbonyl (C=O) groups is 6. The van der Waals surface area contributed by atoms with Gasteiger partial charge in [-0.3, -0.25) is 33.3 Å². The number of hydrogen-bond acceptors (Lipinski definition) is 15. The molecule has 2 heterocycles. The summed E-state index contributed by atoms with van der Waals surface area (Å²) < 4.78 is 17.7. The molecular weight excluding hydrogens is 1160 g/mol. The summed E-state index contributed by atoms with van der Waals surface area (Å²) in [5.41, 5.74) is 28.5. The van der Waals surface area contributed by atoms with Gasteiger partial charge < -0.3 is 62.2 Å². The molecule has 0 spiro atoms. The minimum atomic E-state index is -1.10. The fraction of sp³-hybridized carbons (Fsp3) is 0.551. The lowest BCUT2D eigenvalue weighted by molar-refractivity contribution is -0.144. The second-order valence-electron chi connectivity index (χ2n) is 24.4. The van der Waals surface area contributed by atoms with Crippen LogP contribution in [0.2, 0.25) is 0 Å². The minimum Gasteiger partial charge on any atom is -0.484 e. The fourth-order valence-corrected chi connectivity index (χ4v) is 12.8. The number of ether oxygens (including phenoxy) is 2. The average molecular weight is 1260 g/mol. The first kappa shape index (κ1) is 70.8. The molecule has 1 aliphatic heterocycles. The number of aliphatic imine (C=N–C) groups is 1. The van der Waals surface area contributed by atoms with Crippen LogP contribution in [-0.2, 0) is 46.0 Å². The molecule has 8 rings (SSSR count). The minimum absolute atomic E-state index is 0.0435. The Bertz CT molecular complexity index is 3310. The van der Waals surface area contributed by atoms with Gasteiger partial charge >= 0.3 is 11.4 Å². The number of amides is 6. The number of aromatic nitrogens is 1. The molecule has 3 aromatic carbocycles. The van der Waals surface area contributed by atoms with E-state index in [-0.39, 0.29) is 111 Å². The Morgan fingerprint density at radius 2 is 1.26 bits per heavy atom. The smallest absolute Gasteiger partial charge is 0.422 e. The largest absolute Gasteiger partial charge is 0.484 e. The highest BCUT2D eigenvalue weighted by molar-refractivity contribution is 5.99. The molecule has 91 heavy (non-hydrogen) atoms. The number of fused-ring (bicyclic) bond motifs is 1. The Labute approximate surface area is 534 Å². The van der Waals surface area contributed by atoms with Gasteiger partial charge in [-0.15, -0.1) is 0 Å². The highest BCUT2D eigenvalue weighted by atomic mass is 16.5. The highest BCUT2D eigenvalue weighted by Crippen LogP contribution is 2.61. The number of anilines is 2. The first-order chi connectivity index (χ1) is 43.9. The van der Waals surface area contributed by atoms with Crippen molar-refractivity contribution in [2.75, 3.05) is 83.8 Å². The SMILES string of the molecule is C/C=C\C1=C(C=NC(=O)CCCCCCCN)C2(CCC(=O)N(C)CCOCCN(C)C(=O)[C@@H]3C[C@H](N)CN3C(=O)COc3ccc4c(=O)oc(=O)n(C)c4c3)c3cc(NC(=O)CCCCCCCN)ccc3C1c1ccc(NC(=O)CCCCCCCN)cc12. The van der Waals surface area contributed by atoms with E-state index in [1.54, 1.807) is 25.2 Å². The van der Waals surface area contributed by atoms with Crippen LogP contribution in [0.25, 0.3) is 10.9 Å². The summed E-state index contributed by atoms with van der Waals surface area (Å²) in [5, 5.41) is 6.53. The quantitative estimate of drug-likeness (QED) is 0.0191. The standard InChI is InChI=1S/C69H97N11O11/c1-5-21-51-57(44-74-60(81)22-15-9-6-12-18-33-70)69(55-41-48(75-61(82)23-16-10-7-13-19-34-71)25-28-52(55)65(51)53-29-26-49(42-56(53)69)76-62(83)24-17-11-8-14-20-35-72)32-31-63(84)77(2)36-38-89-39-37-78(3)66(86)59-40-47(73)45-80(59)64(85)46-90-50-27-30-54-58(43-50)79(4)68(88)91-67(54)87/h5,21,25-30,41-44,47,59,65H,6-20,22-24,31-40,45-46,70-73H2,1-4H3,(H,75,82)(H,76,83)/b21-5-,74-44?/t47-,59-,65?,69?/m0/s1. The summed E-state index contributed by atoms with van der Waals surface area (Å²) in [5.74, 6) is -2.33. The van der Waals surface area contributed by atoms with E-state index in [1.165, 1.54) is 35.0 Å². The third kappa shape index (κ3) is 18.8. The van der Waals surface area contributed by atoms with E-state index < -0.39 is 41.4 Å². The predicted octanol–water partition coefficient (Wildman–Crippen LogP) is 7.20. The number of likely N-dealkylation sites (tertiary alicyclic amines) is 1. The number of carbonyl (C=O) groups excluding carboxylic acids is 6. The Kier molecular flexibility index (Phi) is 27.4.